The first-order chi connectivity index (χ1) is 11.8. The zero-order chi connectivity index (χ0) is 18.0. The Labute approximate surface area is 149 Å². The van der Waals surface area contributed by atoms with Crippen LogP contribution in [0.2, 0.25) is 0 Å². The number of hydrogen-bond acceptors (Lipinski definition) is 3. The summed E-state index contributed by atoms with van der Waals surface area (Å²) in [5.74, 6) is 1.41. The lowest BCUT2D eigenvalue weighted by atomic mass is 9.89. The molecule has 2 atom stereocenters. The van der Waals surface area contributed by atoms with E-state index in [-0.39, 0.29) is 17.6 Å². The lowest BCUT2D eigenvalue weighted by molar-refractivity contribution is -0.128. The highest BCUT2D eigenvalue weighted by molar-refractivity contribution is 5.81. The molecule has 0 aliphatic carbocycles. The van der Waals surface area contributed by atoms with E-state index in [2.05, 4.69) is 5.32 Å². The second-order valence-corrected chi connectivity index (χ2v) is 7.24. The number of nitrogens with one attached hydrogen (secondary N) is 1. The van der Waals surface area contributed by atoms with Gasteiger partial charge in [-0.3, -0.25) is 4.79 Å². The Kier molecular flexibility index (Phi) is 4.71. The van der Waals surface area contributed by atoms with Crippen LogP contribution < -0.4 is 14.8 Å². The first kappa shape index (κ1) is 17.3. The number of amides is 1. The zero-order valence-corrected chi connectivity index (χ0v) is 15.2. The van der Waals surface area contributed by atoms with Crippen molar-refractivity contribution >= 4 is 5.91 Å². The summed E-state index contributed by atoms with van der Waals surface area (Å²) >= 11 is 0. The van der Waals surface area contributed by atoms with Crippen molar-refractivity contribution in [3.63, 3.8) is 0 Å². The van der Waals surface area contributed by atoms with E-state index in [4.69, 9.17) is 9.47 Å². The van der Waals surface area contributed by atoms with Gasteiger partial charge in [-0.1, -0.05) is 30.3 Å². The number of hydrogen-bond donors (Lipinski definition) is 1. The molecule has 25 heavy (non-hydrogen) atoms. The van der Waals surface area contributed by atoms with Crippen LogP contribution in [0.15, 0.2) is 48.5 Å². The van der Waals surface area contributed by atoms with Crippen LogP contribution in [-0.4, -0.2) is 17.6 Å². The summed E-state index contributed by atoms with van der Waals surface area (Å²) in [4.78, 5) is 12.6. The minimum absolute atomic E-state index is 0.0892. The molecule has 1 N–H and O–H groups in total. The minimum Gasteiger partial charge on any atom is -0.487 e. The quantitative estimate of drug-likeness (QED) is 0.909. The fourth-order valence-electron chi connectivity index (χ4n) is 3.13. The molecule has 1 amide bonds. The maximum atomic E-state index is 12.6. The number of carbonyl (C=O) groups excluding carboxylic acids is 1. The molecule has 3 rings (SSSR count). The van der Waals surface area contributed by atoms with Crippen molar-refractivity contribution < 1.29 is 14.3 Å². The molecule has 0 unspecified atom stereocenters. The van der Waals surface area contributed by atoms with E-state index in [0.717, 1.165) is 16.9 Å². The van der Waals surface area contributed by atoms with E-state index in [1.165, 1.54) is 0 Å². The predicted molar refractivity (Wildman–Crippen MR) is 97.9 cm³/mol. The van der Waals surface area contributed by atoms with Crippen LogP contribution in [0.4, 0.5) is 0 Å². The topological polar surface area (TPSA) is 47.6 Å². The number of rotatable bonds is 4. The van der Waals surface area contributed by atoms with Gasteiger partial charge in [0.05, 0.1) is 6.04 Å². The van der Waals surface area contributed by atoms with Gasteiger partial charge in [0, 0.05) is 12.0 Å². The van der Waals surface area contributed by atoms with Crippen LogP contribution in [0.25, 0.3) is 0 Å². The molecule has 0 spiro atoms. The van der Waals surface area contributed by atoms with Gasteiger partial charge in [0.2, 0.25) is 0 Å². The van der Waals surface area contributed by atoms with Crippen molar-refractivity contribution in [1.82, 2.24) is 5.32 Å². The van der Waals surface area contributed by atoms with Gasteiger partial charge in [-0.05, 0) is 51.5 Å². The third-order valence-electron chi connectivity index (χ3n) is 4.37. The summed E-state index contributed by atoms with van der Waals surface area (Å²) in [6, 6.07) is 15.4. The van der Waals surface area contributed by atoms with Crippen molar-refractivity contribution in [1.29, 1.82) is 0 Å². The van der Waals surface area contributed by atoms with Gasteiger partial charge in [-0.25, -0.2) is 0 Å². The average molecular weight is 339 g/mol. The number of ether oxygens (including phenoxy) is 2. The fraction of sp³-hybridized carbons (Fsp3) is 0.381. The van der Waals surface area contributed by atoms with Gasteiger partial charge in [0.25, 0.3) is 5.91 Å². The first-order valence-electron chi connectivity index (χ1n) is 8.66. The lowest BCUT2D eigenvalue weighted by Gasteiger charge is -2.38. The number of fused-ring (bicyclic) bond motifs is 1. The second-order valence-electron chi connectivity index (χ2n) is 7.24. The molecule has 0 bridgehead atoms. The van der Waals surface area contributed by atoms with Gasteiger partial charge in [-0.2, -0.15) is 0 Å². The summed E-state index contributed by atoms with van der Waals surface area (Å²) in [7, 11) is 0. The van der Waals surface area contributed by atoms with Crippen molar-refractivity contribution in [3.05, 3.63) is 59.7 Å². The molecule has 2 aromatic rings. The third kappa shape index (κ3) is 4.13. The number of aryl methyl sites for hydroxylation is 1. The largest absolute Gasteiger partial charge is 0.487 e. The average Bonchev–Trinajstić information content (AvgIpc) is 2.54. The molecule has 4 heteroatoms. The van der Waals surface area contributed by atoms with Crippen LogP contribution in [0.3, 0.4) is 0 Å². The highest BCUT2D eigenvalue weighted by atomic mass is 16.5. The maximum absolute atomic E-state index is 12.6. The monoisotopic (exact) mass is 339 g/mol. The minimum atomic E-state index is -0.567. The van der Waals surface area contributed by atoms with Crippen LogP contribution in [0, 0.1) is 6.92 Å². The lowest BCUT2D eigenvalue weighted by Crippen LogP contribution is -2.44. The fourth-order valence-corrected chi connectivity index (χ4v) is 3.13. The van der Waals surface area contributed by atoms with Gasteiger partial charge >= 0.3 is 0 Å². The summed E-state index contributed by atoms with van der Waals surface area (Å²) in [5.41, 5.74) is 1.83. The Bertz CT molecular complexity index is 755. The molecule has 1 aliphatic heterocycles. The standard InChI is InChI=1S/C21H25NO3/c1-14-10-11-17-18(13-21(3,4)25-19(17)12-14)22-20(23)15(2)24-16-8-6-5-7-9-16/h5-12,15,18H,13H2,1-4H3,(H,22,23)/t15-,18-/m1/s1. The smallest absolute Gasteiger partial charge is 0.261 e. The van der Waals surface area contributed by atoms with Crippen LogP contribution in [0.5, 0.6) is 11.5 Å². The molecule has 0 radical (unpaired) electrons. The number of para-hydroxylation sites is 1. The SMILES string of the molecule is Cc1ccc2c(c1)OC(C)(C)C[C@H]2NC(=O)[C@@H](C)Oc1ccccc1. The predicted octanol–water partition coefficient (Wildman–Crippen LogP) is 4.18. The Morgan fingerprint density at radius 2 is 1.96 bits per heavy atom. The van der Waals surface area contributed by atoms with Crippen LogP contribution >= 0.6 is 0 Å². The summed E-state index contributed by atoms with van der Waals surface area (Å²) in [6.07, 6.45) is 0.148. The zero-order valence-electron chi connectivity index (χ0n) is 15.2. The molecule has 4 nitrogen and oxygen atoms in total. The third-order valence-corrected chi connectivity index (χ3v) is 4.37. The van der Waals surface area contributed by atoms with Crippen LogP contribution in [0.1, 0.15) is 44.4 Å². The van der Waals surface area contributed by atoms with Gasteiger partial charge in [-0.15, -0.1) is 0 Å². The molecule has 2 aromatic carbocycles. The summed E-state index contributed by atoms with van der Waals surface area (Å²) in [5, 5.41) is 3.13. The summed E-state index contributed by atoms with van der Waals surface area (Å²) in [6.45, 7) is 7.89. The van der Waals surface area contributed by atoms with Gasteiger partial charge in [0.15, 0.2) is 6.10 Å². The molecular formula is C21H25NO3. The maximum Gasteiger partial charge on any atom is 0.261 e. The highest BCUT2D eigenvalue weighted by Gasteiger charge is 2.35. The molecular weight excluding hydrogens is 314 g/mol. The molecule has 1 aliphatic rings. The van der Waals surface area contributed by atoms with Crippen molar-refractivity contribution in [2.45, 2.75) is 51.9 Å². The number of carbonyl (C=O) groups is 1. The molecule has 0 saturated carbocycles. The van der Waals surface area contributed by atoms with Gasteiger partial charge < -0.3 is 14.8 Å². The Morgan fingerprint density at radius 1 is 1.24 bits per heavy atom. The van der Waals surface area contributed by atoms with E-state index in [9.17, 15) is 4.79 Å². The normalized spacial score (nSPS) is 19.3. The molecule has 0 fully saturated rings. The molecule has 0 aromatic heterocycles. The molecule has 1 heterocycles. The molecule has 132 valence electrons. The summed E-state index contributed by atoms with van der Waals surface area (Å²) < 4.78 is 11.8. The van der Waals surface area contributed by atoms with Crippen molar-refractivity contribution in [2.24, 2.45) is 0 Å². The molecule has 0 saturated heterocycles. The Balaban J connectivity index is 1.74. The highest BCUT2D eigenvalue weighted by Crippen LogP contribution is 2.39. The van der Waals surface area contributed by atoms with Crippen molar-refractivity contribution in [3.8, 4) is 11.5 Å². The van der Waals surface area contributed by atoms with Crippen LogP contribution in [-0.2, 0) is 4.79 Å². The van der Waals surface area contributed by atoms with Crippen molar-refractivity contribution in [2.75, 3.05) is 0 Å². The Hall–Kier alpha value is -2.49. The van der Waals surface area contributed by atoms with E-state index < -0.39 is 6.10 Å². The van der Waals surface area contributed by atoms with Gasteiger partial charge in [0.1, 0.15) is 17.1 Å². The number of benzene rings is 2. The van der Waals surface area contributed by atoms with E-state index >= 15 is 0 Å². The van der Waals surface area contributed by atoms with E-state index in [1.807, 2.05) is 69.3 Å². The first-order valence-corrected chi connectivity index (χ1v) is 8.66. The van der Waals surface area contributed by atoms with E-state index in [0.29, 0.717) is 12.2 Å². The van der Waals surface area contributed by atoms with E-state index in [1.54, 1.807) is 6.92 Å². The second kappa shape index (κ2) is 6.79. The Morgan fingerprint density at radius 3 is 2.68 bits per heavy atom.